The lowest BCUT2D eigenvalue weighted by Crippen LogP contribution is -2.22. The van der Waals surface area contributed by atoms with E-state index in [4.69, 9.17) is 10.5 Å². The Labute approximate surface area is 174 Å². The van der Waals surface area contributed by atoms with Crippen molar-refractivity contribution < 1.29 is 14.3 Å². The first-order chi connectivity index (χ1) is 13.8. The first kappa shape index (κ1) is 20.6. The molecule has 1 heterocycles. The quantitative estimate of drug-likeness (QED) is 0.609. The molecule has 29 heavy (non-hydrogen) atoms. The summed E-state index contributed by atoms with van der Waals surface area (Å²) in [5.41, 5.74) is 9.97. The van der Waals surface area contributed by atoms with E-state index in [-0.39, 0.29) is 12.5 Å². The van der Waals surface area contributed by atoms with Gasteiger partial charge in [0.2, 0.25) is 0 Å². The zero-order chi connectivity index (χ0) is 21.0. The molecule has 2 amide bonds. The molecule has 0 saturated heterocycles. The van der Waals surface area contributed by atoms with Gasteiger partial charge in [0.15, 0.2) is 6.61 Å². The Balaban J connectivity index is 1.74. The first-order valence-corrected chi connectivity index (χ1v) is 10.1. The number of primary amides is 1. The van der Waals surface area contributed by atoms with E-state index in [0.29, 0.717) is 22.7 Å². The van der Waals surface area contributed by atoms with E-state index in [1.165, 1.54) is 11.3 Å². The van der Waals surface area contributed by atoms with Gasteiger partial charge in [0.1, 0.15) is 10.8 Å². The second-order valence-electron chi connectivity index (χ2n) is 6.99. The summed E-state index contributed by atoms with van der Waals surface area (Å²) in [7, 11) is 0. The van der Waals surface area contributed by atoms with E-state index in [1.54, 1.807) is 0 Å². The molecule has 5 nitrogen and oxygen atoms in total. The fourth-order valence-electron chi connectivity index (χ4n) is 3.16. The summed E-state index contributed by atoms with van der Waals surface area (Å²) in [6, 6.07) is 15.7. The van der Waals surface area contributed by atoms with Crippen molar-refractivity contribution in [3.8, 4) is 5.75 Å². The molecule has 3 rings (SSSR count). The predicted molar refractivity (Wildman–Crippen MR) is 117 cm³/mol. The number of carbonyl (C=O) groups is 2. The van der Waals surface area contributed by atoms with E-state index < -0.39 is 5.91 Å². The average Bonchev–Trinajstić information content (AvgIpc) is 2.97. The van der Waals surface area contributed by atoms with Crippen LogP contribution in [0.15, 0.2) is 48.5 Å². The number of benzene rings is 2. The first-order valence-electron chi connectivity index (χ1n) is 9.31. The van der Waals surface area contributed by atoms with Crippen LogP contribution in [-0.4, -0.2) is 18.4 Å². The largest absolute Gasteiger partial charge is 0.483 e. The fourth-order valence-corrected chi connectivity index (χ4v) is 4.42. The van der Waals surface area contributed by atoms with Crippen molar-refractivity contribution in [1.29, 1.82) is 0 Å². The minimum absolute atomic E-state index is 0.146. The van der Waals surface area contributed by atoms with Gasteiger partial charge in [-0.3, -0.25) is 9.59 Å². The number of rotatable bonds is 7. The number of thiophene rings is 1. The molecule has 3 N–H and O–H groups in total. The average molecular weight is 409 g/mol. The van der Waals surface area contributed by atoms with Crippen LogP contribution in [0.25, 0.3) is 0 Å². The molecule has 150 valence electrons. The van der Waals surface area contributed by atoms with Crippen molar-refractivity contribution in [3.63, 3.8) is 0 Å². The number of anilines is 1. The third-order valence-corrected chi connectivity index (χ3v) is 5.85. The molecule has 0 spiro atoms. The Morgan fingerprint density at radius 2 is 1.79 bits per heavy atom. The second-order valence-corrected chi connectivity index (χ2v) is 8.09. The van der Waals surface area contributed by atoms with Crippen LogP contribution in [0.2, 0.25) is 0 Å². The normalized spacial score (nSPS) is 10.6. The number of hydrogen-bond acceptors (Lipinski definition) is 4. The van der Waals surface area contributed by atoms with E-state index in [1.807, 2.05) is 69.3 Å². The lowest BCUT2D eigenvalue weighted by molar-refractivity contribution is -0.118. The van der Waals surface area contributed by atoms with Gasteiger partial charge in [-0.25, -0.2) is 0 Å². The van der Waals surface area contributed by atoms with E-state index in [0.717, 1.165) is 27.1 Å². The minimum atomic E-state index is -0.552. The summed E-state index contributed by atoms with van der Waals surface area (Å²) in [5.74, 6) is -0.225. The topological polar surface area (TPSA) is 81.4 Å². The molecule has 0 unspecified atom stereocenters. The molecule has 1 aromatic heterocycles. The number of amides is 2. The Morgan fingerprint density at radius 1 is 1.07 bits per heavy atom. The van der Waals surface area contributed by atoms with Crippen LogP contribution in [0.5, 0.6) is 5.75 Å². The van der Waals surface area contributed by atoms with Gasteiger partial charge < -0.3 is 15.8 Å². The Kier molecular flexibility index (Phi) is 6.34. The van der Waals surface area contributed by atoms with Crippen molar-refractivity contribution in [2.45, 2.75) is 27.2 Å². The molecule has 0 saturated carbocycles. The highest BCUT2D eigenvalue weighted by molar-refractivity contribution is 7.17. The van der Waals surface area contributed by atoms with Crippen molar-refractivity contribution in [2.75, 3.05) is 11.9 Å². The van der Waals surface area contributed by atoms with E-state index in [2.05, 4.69) is 5.32 Å². The number of hydrogen-bond donors (Lipinski definition) is 2. The van der Waals surface area contributed by atoms with Crippen LogP contribution in [0.3, 0.4) is 0 Å². The summed E-state index contributed by atoms with van der Waals surface area (Å²) >= 11 is 1.38. The van der Waals surface area contributed by atoms with Crippen LogP contribution in [-0.2, 0) is 11.2 Å². The summed E-state index contributed by atoms with van der Waals surface area (Å²) in [6.07, 6.45) is 0.673. The number of aryl methyl sites for hydroxylation is 2. The zero-order valence-corrected chi connectivity index (χ0v) is 17.6. The molecular weight excluding hydrogens is 384 g/mol. The standard InChI is InChI=1S/C23H24N2O3S/c1-14-9-10-18(15(2)11-14)28-13-20(26)25-23-21(22(24)27)16(3)19(29-23)12-17-7-5-4-6-8-17/h4-11H,12-13H2,1-3H3,(H2,24,27)(H,25,26). The molecule has 0 atom stereocenters. The van der Waals surface area contributed by atoms with Crippen LogP contribution in [0.1, 0.15) is 37.5 Å². The van der Waals surface area contributed by atoms with Gasteiger partial charge in [0, 0.05) is 11.3 Å². The minimum Gasteiger partial charge on any atom is -0.483 e. The third kappa shape index (κ3) is 5.03. The summed E-state index contributed by atoms with van der Waals surface area (Å²) < 4.78 is 5.64. The van der Waals surface area contributed by atoms with Crippen LogP contribution in [0.4, 0.5) is 5.00 Å². The molecular formula is C23H24N2O3S. The maximum absolute atomic E-state index is 12.4. The fraction of sp³-hybridized carbons (Fsp3) is 0.217. The highest BCUT2D eigenvalue weighted by atomic mass is 32.1. The maximum atomic E-state index is 12.4. The molecule has 0 fully saturated rings. The molecule has 0 aliphatic heterocycles. The predicted octanol–water partition coefficient (Wildman–Crippen LogP) is 4.38. The Hall–Kier alpha value is -3.12. The Bertz CT molecular complexity index is 1040. The Morgan fingerprint density at radius 3 is 2.45 bits per heavy atom. The molecule has 0 radical (unpaired) electrons. The number of nitrogens with two attached hydrogens (primary N) is 1. The monoisotopic (exact) mass is 408 g/mol. The summed E-state index contributed by atoms with van der Waals surface area (Å²) in [5, 5.41) is 3.26. The van der Waals surface area contributed by atoms with Gasteiger partial charge in [-0.05, 0) is 43.5 Å². The number of nitrogens with one attached hydrogen (secondary N) is 1. The highest BCUT2D eigenvalue weighted by Crippen LogP contribution is 2.34. The zero-order valence-electron chi connectivity index (χ0n) is 16.7. The number of carbonyl (C=O) groups excluding carboxylic acids is 2. The lowest BCUT2D eigenvalue weighted by atomic mass is 10.1. The van der Waals surface area contributed by atoms with Gasteiger partial charge in [-0.1, -0.05) is 48.0 Å². The maximum Gasteiger partial charge on any atom is 0.262 e. The van der Waals surface area contributed by atoms with Crippen LogP contribution in [0, 0.1) is 20.8 Å². The van der Waals surface area contributed by atoms with Crippen molar-refractivity contribution in [2.24, 2.45) is 5.73 Å². The smallest absolute Gasteiger partial charge is 0.262 e. The van der Waals surface area contributed by atoms with Crippen molar-refractivity contribution >= 4 is 28.2 Å². The highest BCUT2D eigenvalue weighted by Gasteiger charge is 2.21. The van der Waals surface area contributed by atoms with Gasteiger partial charge in [-0.15, -0.1) is 11.3 Å². The molecule has 2 aromatic carbocycles. The molecule has 3 aromatic rings. The molecule has 0 aliphatic carbocycles. The summed E-state index contributed by atoms with van der Waals surface area (Å²) in [6.45, 7) is 5.65. The van der Waals surface area contributed by atoms with Gasteiger partial charge in [-0.2, -0.15) is 0 Å². The van der Waals surface area contributed by atoms with Gasteiger partial charge in [0.05, 0.1) is 5.56 Å². The third-order valence-electron chi connectivity index (χ3n) is 4.64. The molecule has 0 aliphatic rings. The summed E-state index contributed by atoms with van der Waals surface area (Å²) in [4.78, 5) is 25.4. The van der Waals surface area contributed by atoms with Crippen LogP contribution >= 0.6 is 11.3 Å². The van der Waals surface area contributed by atoms with Gasteiger partial charge in [0.25, 0.3) is 11.8 Å². The van der Waals surface area contributed by atoms with Crippen molar-refractivity contribution in [1.82, 2.24) is 0 Å². The number of ether oxygens (including phenoxy) is 1. The van der Waals surface area contributed by atoms with Gasteiger partial charge >= 0.3 is 0 Å². The van der Waals surface area contributed by atoms with Crippen molar-refractivity contribution in [3.05, 3.63) is 81.2 Å². The lowest BCUT2D eigenvalue weighted by Gasteiger charge is -2.10. The van der Waals surface area contributed by atoms with E-state index >= 15 is 0 Å². The SMILES string of the molecule is Cc1ccc(OCC(=O)Nc2sc(Cc3ccccc3)c(C)c2C(N)=O)c(C)c1. The van der Waals surface area contributed by atoms with E-state index in [9.17, 15) is 9.59 Å². The second kappa shape index (κ2) is 8.92. The van der Waals surface area contributed by atoms with Crippen LogP contribution < -0.4 is 15.8 Å². The molecule has 6 heteroatoms. The molecule has 0 bridgehead atoms.